The summed E-state index contributed by atoms with van der Waals surface area (Å²) in [6.07, 6.45) is 10.3. The van der Waals surface area contributed by atoms with Crippen molar-refractivity contribution in [3.05, 3.63) is 24.3 Å². The number of nitrogens with zero attached hydrogens (tertiary/aromatic N) is 3. The standard InChI is InChI=1S/C15H19N3O2/c16-7-1-2-14(13-12-17-8-9-18-13)3-5-15(6-4-14)19-10-11-20-15/h8-9,12H,1-6,10-11H2. The van der Waals surface area contributed by atoms with Crippen LogP contribution in [-0.2, 0) is 14.9 Å². The van der Waals surface area contributed by atoms with Gasteiger partial charge in [0.25, 0.3) is 0 Å². The minimum Gasteiger partial charge on any atom is -0.348 e. The fourth-order valence-corrected chi connectivity index (χ4v) is 3.40. The average Bonchev–Trinajstić information content (AvgIpc) is 2.97. The van der Waals surface area contributed by atoms with E-state index in [0.717, 1.165) is 37.8 Å². The molecule has 1 aliphatic carbocycles. The molecule has 5 heteroatoms. The molecule has 0 radical (unpaired) electrons. The van der Waals surface area contributed by atoms with Gasteiger partial charge in [0.2, 0.25) is 0 Å². The number of rotatable bonds is 3. The van der Waals surface area contributed by atoms with E-state index in [2.05, 4.69) is 16.0 Å². The molecule has 1 saturated carbocycles. The van der Waals surface area contributed by atoms with Gasteiger partial charge >= 0.3 is 0 Å². The lowest BCUT2D eigenvalue weighted by Crippen LogP contribution is -2.42. The van der Waals surface area contributed by atoms with Crippen molar-refractivity contribution < 1.29 is 9.47 Å². The summed E-state index contributed by atoms with van der Waals surface area (Å²) in [5.41, 5.74) is 0.952. The quantitative estimate of drug-likeness (QED) is 0.845. The lowest BCUT2D eigenvalue weighted by molar-refractivity contribution is -0.185. The van der Waals surface area contributed by atoms with Gasteiger partial charge in [-0.2, -0.15) is 5.26 Å². The lowest BCUT2D eigenvalue weighted by Gasteiger charge is -2.43. The summed E-state index contributed by atoms with van der Waals surface area (Å²) in [6.45, 7) is 1.38. The van der Waals surface area contributed by atoms with Gasteiger partial charge in [-0.05, 0) is 19.3 Å². The second kappa shape index (κ2) is 5.47. The van der Waals surface area contributed by atoms with Crippen LogP contribution in [0, 0.1) is 11.3 Å². The zero-order chi connectivity index (χ0) is 13.9. The van der Waals surface area contributed by atoms with Gasteiger partial charge in [-0.25, -0.2) is 0 Å². The molecule has 5 nitrogen and oxygen atoms in total. The largest absolute Gasteiger partial charge is 0.348 e. The van der Waals surface area contributed by atoms with Gasteiger partial charge in [0.1, 0.15) is 0 Å². The molecule has 1 spiro atoms. The van der Waals surface area contributed by atoms with Crippen molar-refractivity contribution in [2.75, 3.05) is 13.2 Å². The Morgan fingerprint density at radius 2 is 1.90 bits per heavy atom. The van der Waals surface area contributed by atoms with Gasteiger partial charge in [-0.3, -0.25) is 9.97 Å². The SMILES string of the molecule is N#CCCC1(c2cnccn2)CCC2(CC1)OCCO2. The molecule has 0 amide bonds. The first-order chi connectivity index (χ1) is 9.79. The number of hydrogen-bond donors (Lipinski definition) is 0. The highest BCUT2D eigenvalue weighted by molar-refractivity contribution is 5.16. The fourth-order valence-electron chi connectivity index (χ4n) is 3.40. The van der Waals surface area contributed by atoms with Crippen LogP contribution in [0.1, 0.15) is 44.2 Å². The van der Waals surface area contributed by atoms with Crippen LogP contribution < -0.4 is 0 Å². The number of aromatic nitrogens is 2. The fraction of sp³-hybridized carbons (Fsp3) is 0.667. The summed E-state index contributed by atoms with van der Waals surface area (Å²) in [5, 5.41) is 8.93. The topological polar surface area (TPSA) is 68.0 Å². The minimum absolute atomic E-state index is 0.0510. The van der Waals surface area contributed by atoms with Crippen LogP contribution in [0.25, 0.3) is 0 Å². The highest BCUT2D eigenvalue weighted by atomic mass is 16.7. The maximum atomic E-state index is 8.93. The van der Waals surface area contributed by atoms with Crippen molar-refractivity contribution in [1.29, 1.82) is 5.26 Å². The van der Waals surface area contributed by atoms with Crippen LogP contribution in [0.4, 0.5) is 0 Å². The molecule has 1 saturated heterocycles. The predicted octanol–water partition coefficient (Wildman–Crippen LogP) is 2.34. The molecule has 0 atom stereocenters. The Morgan fingerprint density at radius 1 is 1.15 bits per heavy atom. The van der Waals surface area contributed by atoms with Crippen molar-refractivity contribution in [2.45, 2.75) is 49.7 Å². The Bertz CT molecular complexity index is 482. The minimum atomic E-state index is -0.377. The second-order valence-electron chi connectivity index (χ2n) is 5.64. The smallest absolute Gasteiger partial charge is 0.168 e. The maximum Gasteiger partial charge on any atom is 0.168 e. The Balaban J connectivity index is 1.80. The molecule has 0 bridgehead atoms. The lowest BCUT2D eigenvalue weighted by atomic mass is 9.67. The molecule has 3 rings (SSSR count). The Labute approximate surface area is 118 Å². The molecule has 20 heavy (non-hydrogen) atoms. The summed E-state index contributed by atoms with van der Waals surface area (Å²) < 4.78 is 11.6. The van der Waals surface area contributed by atoms with E-state index in [1.54, 1.807) is 12.4 Å². The Kier molecular flexibility index (Phi) is 3.68. The van der Waals surface area contributed by atoms with Crippen LogP contribution in [0.15, 0.2) is 18.6 Å². The van der Waals surface area contributed by atoms with E-state index < -0.39 is 0 Å². The first-order valence-corrected chi connectivity index (χ1v) is 7.20. The van der Waals surface area contributed by atoms with Crippen molar-refractivity contribution >= 4 is 0 Å². The van der Waals surface area contributed by atoms with Crippen molar-refractivity contribution in [2.24, 2.45) is 0 Å². The summed E-state index contributed by atoms with van der Waals surface area (Å²) >= 11 is 0. The van der Waals surface area contributed by atoms with Crippen LogP contribution >= 0.6 is 0 Å². The number of hydrogen-bond acceptors (Lipinski definition) is 5. The molecular formula is C15H19N3O2. The third-order valence-electron chi connectivity index (χ3n) is 4.60. The van der Waals surface area contributed by atoms with E-state index >= 15 is 0 Å². The van der Waals surface area contributed by atoms with E-state index in [1.807, 2.05) is 6.20 Å². The number of nitriles is 1. The third kappa shape index (κ3) is 2.41. The average molecular weight is 273 g/mol. The van der Waals surface area contributed by atoms with Crippen LogP contribution in [0.3, 0.4) is 0 Å². The molecule has 106 valence electrons. The second-order valence-corrected chi connectivity index (χ2v) is 5.64. The maximum absolute atomic E-state index is 8.93. The summed E-state index contributed by atoms with van der Waals surface area (Å²) in [6, 6.07) is 2.26. The van der Waals surface area contributed by atoms with Crippen LogP contribution in [-0.4, -0.2) is 29.0 Å². The van der Waals surface area contributed by atoms with Gasteiger partial charge < -0.3 is 9.47 Å². The van der Waals surface area contributed by atoms with Gasteiger partial charge in [-0.15, -0.1) is 0 Å². The monoisotopic (exact) mass is 273 g/mol. The van der Waals surface area contributed by atoms with Crippen molar-refractivity contribution in [1.82, 2.24) is 9.97 Å². The highest BCUT2D eigenvalue weighted by Crippen LogP contribution is 2.47. The first kappa shape index (κ1) is 13.5. The molecule has 2 aliphatic rings. The van der Waals surface area contributed by atoms with Crippen molar-refractivity contribution in [3.63, 3.8) is 0 Å². The normalized spacial score (nSPS) is 23.6. The third-order valence-corrected chi connectivity index (χ3v) is 4.60. The molecular weight excluding hydrogens is 254 g/mol. The Morgan fingerprint density at radius 3 is 2.50 bits per heavy atom. The molecule has 1 aromatic rings. The molecule has 2 fully saturated rings. The number of ether oxygens (including phenoxy) is 2. The predicted molar refractivity (Wildman–Crippen MR) is 71.7 cm³/mol. The zero-order valence-corrected chi connectivity index (χ0v) is 11.5. The molecule has 0 aromatic carbocycles. The van der Waals surface area contributed by atoms with Gasteiger partial charge in [-0.1, -0.05) is 0 Å². The van der Waals surface area contributed by atoms with Gasteiger partial charge in [0, 0.05) is 43.3 Å². The molecule has 0 N–H and O–H groups in total. The van der Waals surface area contributed by atoms with Gasteiger partial charge in [0.05, 0.1) is 25.0 Å². The summed E-state index contributed by atoms with van der Waals surface area (Å²) in [4.78, 5) is 8.68. The molecule has 1 aromatic heterocycles. The first-order valence-electron chi connectivity index (χ1n) is 7.20. The van der Waals surface area contributed by atoms with E-state index in [1.165, 1.54) is 0 Å². The Hall–Kier alpha value is -1.51. The molecule has 2 heterocycles. The highest BCUT2D eigenvalue weighted by Gasteiger charge is 2.47. The van der Waals surface area contributed by atoms with Crippen LogP contribution in [0.5, 0.6) is 0 Å². The van der Waals surface area contributed by atoms with E-state index in [-0.39, 0.29) is 11.2 Å². The molecule has 1 aliphatic heterocycles. The molecule has 0 unspecified atom stereocenters. The zero-order valence-electron chi connectivity index (χ0n) is 11.5. The van der Waals surface area contributed by atoms with Crippen molar-refractivity contribution in [3.8, 4) is 6.07 Å². The summed E-state index contributed by atoms with van der Waals surface area (Å²) in [5.74, 6) is -0.377. The van der Waals surface area contributed by atoms with E-state index in [4.69, 9.17) is 14.7 Å². The van der Waals surface area contributed by atoms with Gasteiger partial charge in [0.15, 0.2) is 5.79 Å². The van der Waals surface area contributed by atoms with E-state index in [0.29, 0.717) is 19.6 Å². The van der Waals surface area contributed by atoms with Crippen LogP contribution in [0.2, 0.25) is 0 Å². The summed E-state index contributed by atoms with van der Waals surface area (Å²) in [7, 11) is 0. The van der Waals surface area contributed by atoms with E-state index in [9.17, 15) is 0 Å².